The van der Waals surface area contributed by atoms with Crippen LogP contribution in [0.5, 0.6) is 17.2 Å². The number of nitrogens with zero attached hydrogens (tertiary/aromatic N) is 2. The number of alkyl halides is 3. The van der Waals surface area contributed by atoms with Gasteiger partial charge >= 0.3 is 6.18 Å². The number of hydrogen-bond acceptors (Lipinski definition) is 6. The lowest BCUT2D eigenvalue weighted by atomic mass is 10.0. The highest BCUT2D eigenvalue weighted by Crippen LogP contribution is 2.36. The van der Waals surface area contributed by atoms with Crippen molar-refractivity contribution in [2.24, 2.45) is 0 Å². The van der Waals surface area contributed by atoms with Crippen molar-refractivity contribution in [1.82, 2.24) is 9.78 Å². The van der Waals surface area contributed by atoms with Gasteiger partial charge in [0.25, 0.3) is 11.5 Å². The highest BCUT2D eigenvalue weighted by molar-refractivity contribution is 5.97. The number of benzene rings is 2. The van der Waals surface area contributed by atoms with E-state index >= 15 is 0 Å². The molecule has 11 heteroatoms. The lowest BCUT2D eigenvalue weighted by Crippen LogP contribution is -2.47. The second-order valence-corrected chi connectivity index (χ2v) is 7.96. The lowest BCUT2D eigenvalue weighted by Gasteiger charge is -2.26. The van der Waals surface area contributed by atoms with Crippen molar-refractivity contribution in [3.8, 4) is 28.5 Å². The molecule has 0 aliphatic carbocycles. The SMILES string of the molecule is COc1ccc(C(F)(F)F)cc1NC(=O)C(C)(C)n1nc(-c2ccc3c(c2)OCO3)ccc1=O. The van der Waals surface area contributed by atoms with Gasteiger partial charge in [0, 0.05) is 11.6 Å². The van der Waals surface area contributed by atoms with Gasteiger partial charge in [-0.15, -0.1) is 0 Å². The molecule has 34 heavy (non-hydrogen) atoms. The smallest absolute Gasteiger partial charge is 0.416 e. The molecule has 1 amide bonds. The lowest BCUT2D eigenvalue weighted by molar-refractivity contribution is -0.137. The van der Waals surface area contributed by atoms with Crippen molar-refractivity contribution in [2.45, 2.75) is 25.6 Å². The largest absolute Gasteiger partial charge is 0.495 e. The number of nitrogens with one attached hydrogen (secondary N) is 1. The number of hydrogen-bond donors (Lipinski definition) is 1. The van der Waals surface area contributed by atoms with Crippen molar-refractivity contribution >= 4 is 11.6 Å². The molecule has 0 fully saturated rings. The van der Waals surface area contributed by atoms with Crippen LogP contribution in [0.1, 0.15) is 19.4 Å². The summed E-state index contributed by atoms with van der Waals surface area (Å²) in [4.78, 5) is 25.7. The van der Waals surface area contributed by atoms with Crippen molar-refractivity contribution in [1.29, 1.82) is 0 Å². The summed E-state index contributed by atoms with van der Waals surface area (Å²) in [6, 6.07) is 10.6. The van der Waals surface area contributed by atoms with Crippen molar-refractivity contribution in [3.63, 3.8) is 0 Å². The predicted molar refractivity (Wildman–Crippen MR) is 116 cm³/mol. The van der Waals surface area contributed by atoms with Crippen LogP contribution in [0.25, 0.3) is 11.3 Å². The predicted octanol–water partition coefficient (Wildman–Crippen LogP) is 4.04. The fourth-order valence-electron chi connectivity index (χ4n) is 3.37. The van der Waals surface area contributed by atoms with Crippen molar-refractivity contribution in [3.05, 3.63) is 64.4 Å². The molecule has 0 unspecified atom stereocenters. The van der Waals surface area contributed by atoms with E-state index in [1.807, 2.05) is 0 Å². The minimum Gasteiger partial charge on any atom is -0.495 e. The van der Waals surface area contributed by atoms with E-state index in [1.54, 1.807) is 18.2 Å². The molecule has 1 aromatic heterocycles. The van der Waals surface area contributed by atoms with E-state index in [2.05, 4.69) is 10.4 Å². The van der Waals surface area contributed by atoms with Gasteiger partial charge in [-0.2, -0.15) is 18.3 Å². The van der Waals surface area contributed by atoms with E-state index < -0.39 is 28.7 Å². The third kappa shape index (κ3) is 4.28. The Balaban J connectivity index is 1.68. The summed E-state index contributed by atoms with van der Waals surface area (Å²) in [6.07, 6.45) is -4.61. The Morgan fingerprint density at radius 2 is 1.79 bits per heavy atom. The van der Waals surface area contributed by atoms with E-state index in [0.29, 0.717) is 22.8 Å². The molecule has 0 atom stereocenters. The Kier molecular flexibility index (Phi) is 5.72. The molecule has 1 aliphatic heterocycles. The minimum absolute atomic E-state index is 0.0339. The standard InChI is InChI=1S/C23H20F3N3O5/c1-22(2,21(31)27-16-11-14(23(24,25)26)5-8-17(16)32-3)29-20(30)9-6-15(28-29)13-4-7-18-19(10-13)34-12-33-18/h4-11H,12H2,1-3H3,(H,27,31). The fourth-order valence-corrected chi connectivity index (χ4v) is 3.37. The van der Waals surface area contributed by atoms with Gasteiger partial charge in [-0.25, -0.2) is 4.68 Å². The number of aromatic nitrogens is 2. The first-order valence-corrected chi connectivity index (χ1v) is 10.1. The van der Waals surface area contributed by atoms with Crippen molar-refractivity contribution < 1.29 is 32.2 Å². The molecule has 4 rings (SSSR count). The van der Waals surface area contributed by atoms with Gasteiger partial charge in [0.05, 0.1) is 24.1 Å². The maximum absolute atomic E-state index is 13.2. The van der Waals surface area contributed by atoms with Crippen LogP contribution in [0.3, 0.4) is 0 Å². The normalized spacial score (nSPS) is 13.0. The third-order valence-electron chi connectivity index (χ3n) is 5.33. The average Bonchev–Trinajstić information content (AvgIpc) is 3.26. The van der Waals surface area contributed by atoms with E-state index in [0.717, 1.165) is 22.9 Å². The Hall–Kier alpha value is -4.02. The van der Waals surface area contributed by atoms with Gasteiger partial charge in [0.1, 0.15) is 11.3 Å². The summed E-state index contributed by atoms with van der Waals surface area (Å²) in [7, 11) is 1.27. The zero-order valence-corrected chi connectivity index (χ0v) is 18.4. The summed E-state index contributed by atoms with van der Waals surface area (Å²) < 4.78 is 56.2. The van der Waals surface area contributed by atoms with Gasteiger partial charge in [0.15, 0.2) is 11.5 Å². The zero-order chi connectivity index (χ0) is 24.7. The molecule has 1 aliphatic rings. The monoisotopic (exact) mass is 475 g/mol. The molecule has 8 nitrogen and oxygen atoms in total. The molecule has 0 bridgehead atoms. The first kappa shape index (κ1) is 23.1. The van der Waals surface area contributed by atoms with Crippen LogP contribution in [0.15, 0.2) is 53.3 Å². The molecule has 2 aromatic carbocycles. The highest BCUT2D eigenvalue weighted by Gasteiger charge is 2.35. The van der Waals surface area contributed by atoms with Gasteiger partial charge in [-0.3, -0.25) is 9.59 Å². The first-order valence-electron chi connectivity index (χ1n) is 10.1. The molecule has 0 spiro atoms. The van der Waals surface area contributed by atoms with Crippen LogP contribution in [0.2, 0.25) is 0 Å². The Morgan fingerprint density at radius 1 is 1.06 bits per heavy atom. The Bertz CT molecular complexity index is 1320. The van der Waals surface area contributed by atoms with E-state index in [9.17, 15) is 22.8 Å². The van der Waals surface area contributed by atoms with Crippen LogP contribution in [-0.2, 0) is 16.5 Å². The molecular weight excluding hydrogens is 455 g/mol. The molecule has 3 aromatic rings. The number of carbonyl (C=O) groups excluding carboxylic acids is 1. The Morgan fingerprint density at radius 3 is 2.50 bits per heavy atom. The van der Waals surface area contributed by atoms with Gasteiger partial charge in [0.2, 0.25) is 6.79 Å². The zero-order valence-electron chi connectivity index (χ0n) is 18.4. The second kappa shape index (κ2) is 8.40. The quantitative estimate of drug-likeness (QED) is 0.599. The van der Waals surface area contributed by atoms with Gasteiger partial charge in [-0.05, 0) is 56.3 Å². The van der Waals surface area contributed by atoms with Crippen LogP contribution in [0.4, 0.5) is 18.9 Å². The summed E-state index contributed by atoms with van der Waals surface area (Å²) in [6.45, 7) is 2.96. The number of ether oxygens (including phenoxy) is 3. The average molecular weight is 475 g/mol. The molecule has 0 saturated carbocycles. The highest BCUT2D eigenvalue weighted by atomic mass is 19.4. The summed E-state index contributed by atoms with van der Waals surface area (Å²) >= 11 is 0. The van der Waals surface area contributed by atoms with Gasteiger partial charge < -0.3 is 19.5 Å². The van der Waals surface area contributed by atoms with Gasteiger partial charge in [-0.1, -0.05) is 0 Å². The number of anilines is 1. The van der Waals surface area contributed by atoms with Crippen LogP contribution in [-0.4, -0.2) is 29.6 Å². The van der Waals surface area contributed by atoms with Crippen LogP contribution < -0.4 is 25.1 Å². The maximum Gasteiger partial charge on any atom is 0.416 e. The van der Waals surface area contributed by atoms with Crippen LogP contribution in [0, 0.1) is 0 Å². The van der Waals surface area contributed by atoms with Crippen molar-refractivity contribution in [2.75, 3.05) is 19.2 Å². The Labute approximate surface area is 191 Å². The number of amides is 1. The topological polar surface area (TPSA) is 91.7 Å². The molecular formula is C23H20F3N3O5. The number of carbonyl (C=O) groups is 1. The summed E-state index contributed by atoms with van der Waals surface area (Å²) in [5, 5.41) is 6.77. The van der Waals surface area contributed by atoms with E-state index in [-0.39, 0.29) is 18.2 Å². The molecule has 2 heterocycles. The summed E-state index contributed by atoms with van der Waals surface area (Å²) in [5.74, 6) is 0.367. The number of rotatable bonds is 5. The number of methoxy groups -OCH3 is 1. The van der Waals surface area contributed by atoms with E-state index in [1.165, 1.54) is 33.1 Å². The third-order valence-corrected chi connectivity index (χ3v) is 5.33. The molecule has 0 radical (unpaired) electrons. The number of halogens is 3. The minimum atomic E-state index is -4.61. The molecule has 1 N–H and O–H groups in total. The summed E-state index contributed by atoms with van der Waals surface area (Å²) in [5.41, 5.74) is -2.27. The maximum atomic E-state index is 13.2. The molecule has 0 saturated heterocycles. The molecule has 178 valence electrons. The first-order chi connectivity index (χ1) is 16.0. The van der Waals surface area contributed by atoms with E-state index in [4.69, 9.17) is 14.2 Å². The number of fused-ring (bicyclic) bond motifs is 1. The fraction of sp³-hybridized carbons (Fsp3) is 0.261. The van der Waals surface area contributed by atoms with Crippen LogP contribution >= 0.6 is 0 Å². The second-order valence-electron chi connectivity index (χ2n) is 7.96.